The first-order valence-electron chi connectivity index (χ1n) is 10.6. The number of esters is 1. The Hall–Kier alpha value is -3.19. The number of hydrogen-bond acceptors (Lipinski definition) is 5. The molecular weight excluding hydrogens is 394 g/mol. The van der Waals surface area contributed by atoms with Gasteiger partial charge in [0.2, 0.25) is 11.8 Å². The number of nitrogens with one attached hydrogen (secondary N) is 2. The molecule has 0 aromatic heterocycles. The molecule has 0 spiro atoms. The fourth-order valence-electron chi connectivity index (χ4n) is 3.68. The first kappa shape index (κ1) is 22.5. The largest absolute Gasteiger partial charge is 0.465 e. The molecule has 164 valence electrons. The standard InChI is InChI=1S/C24H29N3O4/c1-31-24(30)19-8-5-9-21(16-19)26-23(29)17-27-14-12-20(13-15-27)25-22(28)11-10-18-6-3-2-4-7-18/h2-9,16,20H,10-15,17H2,1H3,(H,25,28)(H,26,29). The number of amides is 2. The monoisotopic (exact) mass is 423 g/mol. The van der Waals surface area contributed by atoms with Crippen molar-refractivity contribution in [1.29, 1.82) is 0 Å². The molecule has 7 nitrogen and oxygen atoms in total. The Labute approximate surface area is 182 Å². The summed E-state index contributed by atoms with van der Waals surface area (Å²) in [6.07, 6.45) is 2.87. The molecule has 0 unspecified atom stereocenters. The van der Waals surface area contributed by atoms with Gasteiger partial charge < -0.3 is 15.4 Å². The van der Waals surface area contributed by atoms with Crippen LogP contribution in [0.4, 0.5) is 5.69 Å². The maximum absolute atomic E-state index is 12.4. The predicted octanol–water partition coefficient (Wildman–Crippen LogP) is 2.63. The smallest absolute Gasteiger partial charge is 0.337 e. The van der Waals surface area contributed by atoms with Gasteiger partial charge in [0.15, 0.2) is 0 Å². The Morgan fingerprint density at radius 1 is 1.00 bits per heavy atom. The van der Waals surface area contributed by atoms with Crippen LogP contribution >= 0.6 is 0 Å². The molecule has 2 aromatic rings. The number of anilines is 1. The predicted molar refractivity (Wildman–Crippen MR) is 119 cm³/mol. The van der Waals surface area contributed by atoms with Gasteiger partial charge in [0.1, 0.15) is 0 Å². The van der Waals surface area contributed by atoms with Crippen molar-refractivity contribution in [3.8, 4) is 0 Å². The van der Waals surface area contributed by atoms with Crippen LogP contribution in [-0.2, 0) is 20.7 Å². The second kappa shape index (κ2) is 11.3. The maximum Gasteiger partial charge on any atom is 0.337 e. The SMILES string of the molecule is COC(=O)c1cccc(NC(=O)CN2CCC(NC(=O)CCc3ccccc3)CC2)c1. The molecule has 1 aliphatic heterocycles. The highest BCUT2D eigenvalue weighted by atomic mass is 16.5. The third-order valence-electron chi connectivity index (χ3n) is 5.37. The number of carbonyl (C=O) groups is 3. The highest BCUT2D eigenvalue weighted by Crippen LogP contribution is 2.14. The number of nitrogens with zero attached hydrogens (tertiary/aromatic N) is 1. The van der Waals surface area contributed by atoms with Crippen LogP contribution < -0.4 is 10.6 Å². The summed E-state index contributed by atoms with van der Waals surface area (Å²) in [5.74, 6) is -0.498. The Morgan fingerprint density at radius 3 is 2.45 bits per heavy atom. The van der Waals surface area contributed by atoms with Gasteiger partial charge in [0.25, 0.3) is 0 Å². The van der Waals surface area contributed by atoms with Crippen LogP contribution in [0.5, 0.6) is 0 Å². The summed E-state index contributed by atoms with van der Waals surface area (Å²) in [5, 5.41) is 5.94. The first-order valence-corrected chi connectivity index (χ1v) is 10.6. The van der Waals surface area contributed by atoms with Crippen molar-refractivity contribution in [1.82, 2.24) is 10.2 Å². The lowest BCUT2D eigenvalue weighted by molar-refractivity contribution is -0.122. The molecule has 0 bridgehead atoms. The van der Waals surface area contributed by atoms with E-state index in [-0.39, 0.29) is 24.4 Å². The maximum atomic E-state index is 12.4. The van der Waals surface area contributed by atoms with E-state index >= 15 is 0 Å². The minimum Gasteiger partial charge on any atom is -0.465 e. The Morgan fingerprint density at radius 2 is 1.74 bits per heavy atom. The van der Waals surface area contributed by atoms with Crippen molar-refractivity contribution in [3.63, 3.8) is 0 Å². The average molecular weight is 424 g/mol. The van der Waals surface area contributed by atoms with Crippen LogP contribution in [0.1, 0.15) is 35.2 Å². The number of aryl methyl sites for hydroxylation is 1. The number of piperidine rings is 1. The molecule has 1 aliphatic rings. The van der Waals surface area contributed by atoms with Crippen LogP contribution in [0.25, 0.3) is 0 Å². The summed E-state index contributed by atoms with van der Waals surface area (Å²) in [6.45, 7) is 1.77. The van der Waals surface area contributed by atoms with Crippen LogP contribution in [0.3, 0.4) is 0 Å². The van der Waals surface area contributed by atoms with Crippen LogP contribution in [0.2, 0.25) is 0 Å². The van der Waals surface area contributed by atoms with Crippen molar-refractivity contribution >= 4 is 23.5 Å². The first-order chi connectivity index (χ1) is 15.0. The second-order valence-corrected chi connectivity index (χ2v) is 7.72. The number of hydrogen-bond donors (Lipinski definition) is 2. The normalized spacial score (nSPS) is 14.6. The van der Waals surface area contributed by atoms with E-state index in [0.29, 0.717) is 17.7 Å². The highest BCUT2D eigenvalue weighted by molar-refractivity contribution is 5.95. The molecule has 7 heteroatoms. The Bertz CT molecular complexity index is 893. The third kappa shape index (κ3) is 7.22. The molecule has 2 aromatic carbocycles. The van der Waals surface area contributed by atoms with E-state index < -0.39 is 5.97 Å². The van der Waals surface area contributed by atoms with E-state index in [2.05, 4.69) is 15.5 Å². The Kier molecular flexibility index (Phi) is 8.18. The minimum atomic E-state index is -0.441. The lowest BCUT2D eigenvalue weighted by Gasteiger charge is -2.31. The molecule has 0 saturated carbocycles. The van der Waals surface area contributed by atoms with E-state index in [1.807, 2.05) is 30.3 Å². The minimum absolute atomic E-state index is 0.0746. The number of likely N-dealkylation sites (tertiary alicyclic amines) is 1. The molecular formula is C24H29N3O4. The summed E-state index contributed by atoms with van der Waals surface area (Å²) in [6, 6.07) is 16.8. The van der Waals surface area contributed by atoms with Crippen molar-refractivity contribution < 1.29 is 19.1 Å². The molecule has 1 heterocycles. The lowest BCUT2D eigenvalue weighted by Crippen LogP contribution is -2.46. The summed E-state index contributed by atoms with van der Waals surface area (Å²) in [4.78, 5) is 38.3. The number of carbonyl (C=O) groups excluding carboxylic acids is 3. The second-order valence-electron chi connectivity index (χ2n) is 7.72. The van der Waals surface area contributed by atoms with Gasteiger partial charge in [-0.2, -0.15) is 0 Å². The average Bonchev–Trinajstić information content (AvgIpc) is 2.79. The third-order valence-corrected chi connectivity index (χ3v) is 5.37. The van der Waals surface area contributed by atoms with Crippen LogP contribution in [-0.4, -0.2) is 55.5 Å². The number of methoxy groups -OCH3 is 1. The summed E-state index contributed by atoms with van der Waals surface area (Å²) in [7, 11) is 1.32. The van der Waals surface area contributed by atoms with Crippen LogP contribution in [0, 0.1) is 0 Å². The van der Waals surface area contributed by atoms with Crippen molar-refractivity contribution in [2.45, 2.75) is 31.7 Å². The zero-order chi connectivity index (χ0) is 22.1. The molecule has 0 radical (unpaired) electrons. The van der Waals surface area contributed by atoms with E-state index in [0.717, 1.165) is 37.9 Å². The van der Waals surface area contributed by atoms with E-state index in [1.165, 1.54) is 7.11 Å². The molecule has 1 saturated heterocycles. The molecule has 2 N–H and O–H groups in total. The molecule has 31 heavy (non-hydrogen) atoms. The molecule has 3 rings (SSSR count). The van der Waals surface area contributed by atoms with Gasteiger partial charge in [-0.25, -0.2) is 4.79 Å². The highest BCUT2D eigenvalue weighted by Gasteiger charge is 2.22. The quantitative estimate of drug-likeness (QED) is 0.638. The van der Waals surface area contributed by atoms with Gasteiger partial charge in [-0.15, -0.1) is 0 Å². The molecule has 0 aliphatic carbocycles. The van der Waals surface area contributed by atoms with E-state index in [1.54, 1.807) is 24.3 Å². The zero-order valence-corrected chi connectivity index (χ0v) is 17.8. The lowest BCUT2D eigenvalue weighted by atomic mass is 10.0. The molecule has 2 amide bonds. The zero-order valence-electron chi connectivity index (χ0n) is 17.8. The summed E-state index contributed by atoms with van der Waals surface area (Å²) >= 11 is 0. The topological polar surface area (TPSA) is 87.7 Å². The molecule has 1 fully saturated rings. The fraction of sp³-hybridized carbons (Fsp3) is 0.375. The summed E-state index contributed by atoms with van der Waals surface area (Å²) < 4.78 is 4.70. The van der Waals surface area contributed by atoms with Gasteiger partial charge in [-0.3, -0.25) is 14.5 Å². The summed E-state index contributed by atoms with van der Waals surface area (Å²) in [5.41, 5.74) is 2.12. The molecule has 0 atom stereocenters. The van der Waals surface area contributed by atoms with E-state index in [9.17, 15) is 14.4 Å². The van der Waals surface area contributed by atoms with Gasteiger partial charge in [0, 0.05) is 31.2 Å². The van der Waals surface area contributed by atoms with Crippen molar-refractivity contribution in [2.75, 3.05) is 32.1 Å². The number of ether oxygens (including phenoxy) is 1. The number of benzene rings is 2. The van der Waals surface area contributed by atoms with Crippen molar-refractivity contribution in [2.24, 2.45) is 0 Å². The Balaban J connectivity index is 1.37. The van der Waals surface area contributed by atoms with Gasteiger partial charge in [-0.05, 0) is 43.0 Å². The van der Waals surface area contributed by atoms with Gasteiger partial charge >= 0.3 is 5.97 Å². The van der Waals surface area contributed by atoms with Crippen LogP contribution in [0.15, 0.2) is 54.6 Å². The van der Waals surface area contributed by atoms with Gasteiger partial charge in [-0.1, -0.05) is 36.4 Å². The number of rotatable bonds is 8. The van der Waals surface area contributed by atoms with Crippen molar-refractivity contribution in [3.05, 3.63) is 65.7 Å². The van der Waals surface area contributed by atoms with E-state index in [4.69, 9.17) is 4.74 Å². The van der Waals surface area contributed by atoms with Gasteiger partial charge in [0.05, 0.1) is 19.2 Å². The fourth-order valence-corrected chi connectivity index (χ4v) is 3.68.